The maximum Gasteiger partial charge on any atom is 0.573 e. The molecule has 4 nitrogen and oxygen atoms in total. The van der Waals surface area contributed by atoms with Crippen molar-refractivity contribution in [3.05, 3.63) is 53.0 Å². The summed E-state index contributed by atoms with van der Waals surface area (Å²) in [4.78, 5) is 0. The van der Waals surface area contributed by atoms with Crippen molar-refractivity contribution in [1.82, 2.24) is 10.2 Å². The van der Waals surface area contributed by atoms with Crippen LogP contribution in [-0.4, -0.2) is 16.6 Å². The first-order valence-corrected chi connectivity index (χ1v) is 8.23. The number of nitrogens with one attached hydrogen (secondary N) is 1. The van der Waals surface area contributed by atoms with Gasteiger partial charge in [-0.3, -0.25) is 0 Å². The Balaban J connectivity index is 1.72. The van der Waals surface area contributed by atoms with E-state index in [1.54, 1.807) is 0 Å². The van der Waals surface area contributed by atoms with Gasteiger partial charge >= 0.3 is 6.36 Å². The van der Waals surface area contributed by atoms with Crippen molar-refractivity contribution in [1.29, 1.82) is 0 Å². The second-order valence-corrected chi connectivity index (χ2v) is 6.42. The highest BCUT2D eigenvalue weighted by Crippen LogP contribution is 2.33. The van der Waals surface area contributed by atoms with Crippen LogP contribution in [0.4, 0.5) is 24.0 Å². The number of rotatable bonds is 4. The minimum Gasteiger partial charge on any atom is -0.406 e. The van der Waals surface area contributed by atoms with Crippen LogP contribution < -0.4 is 10.1 Å². The summed E-state index contributed by atoms with van der Waals surface area (Å²) in [5.41, 5.74) is 1.50. The van der Waals surface area contributed by atoms with Crippen molar-refractivity contribution in [2.45, 2.75) is 6.36 Å². The first-order chi connectivity index (χ1) is 11.4. The second kappa shape index (κ2) is 6.78. The molecule has 0 atom stereocenters. The summed E-state index contributed by atoms with van der Waals surface area (Å²) in [5, 5.41) is 12.4. The van der Waals surface area contributed by atoms with E-state index in [2.05, 4.69) is 36.2 Å². The quantitative estimate of drug-likeness (QED) is 0.601. The Morgan fingerprint density at radius 1 is 1.00 bits per heavy atom. The first-order valence-electron chi connectivity index (χ1n) is 6.62. The van der Waals surface area contributed by atoms with Crippen LogP contribution in [0, 0.1) is 0 Å². The van der Waals surface area contributed by atoms with Crippen molar-refractivity contribution in [3.8, 4) is 16.3 Å². The highest BCUT2D eigenvalue weighted by Gasteiger charge is 2.30. The molecule has 0 aliphatic carbocycles. The van der Waals surface area contributed by atoms with E-state index >= 15 is 0 Å². The van der Waals surface area contributed by atoms with Gasteiger partial charge in [0.1, 0.15) is 5.75 Å². The summed E-state index contributed by atoms with van der Waals surface area (Å²) in [6.45, 7) is 0. The Bertz CT molecular complexity index is 836. The molecule has 0 aliphatic rings. The third-order valence-corrected chi connectivity index (χ3v) is 4.43. The molecule has 0 saturated heterocycles. The largest absolute Gasteiger partial charge is 0.573 e. The van der Waals surface area contributed by atoms with Gasteiger partial charge in [0.2, 0.25) is 5.13 Å². The van der Waals surface area contributed by atoms with E-state index < -0.39 is 6.36 Å². The van der Waals surface area contributed by atoms with E-state index in [1.807, 2.05) is 24.3 Å². The van der Waals surface area contributed by atoms with E-state index in [0.717, 1.165) is 15.0 Å². The Labute approximate surface area is 147 Å². The van der Waals surface area contributed by atoms with E-state index in [9.17, 15) is 13.2 Å². The minimum absolute atomic E-state index is 0.279. The highest BCUT2D eigenvalue weighted by atomic mass is 79.9. The molecule has 0 fully saturated rings. The molecule has 1 heterocycles. The van der Waals surface area contributed by atoms with Crippen molar-refractivity contribution >= 4 is 38.1 Å². The van der Waals surface area contributed by atoms with Crippen LogP contribution in [0.2, 0.25) is 0 Å². The molecule has 2 aromatic carbocycles. The molecule has 0 bridgehead atoms. The average molecular weight is 416 g/mol. The second-order valence-electron chi connectivity index (χ2n) is 4.59. The summed E-state index contributed by atoms with van der Waals surface area (Å²) in [5.74, 6) is -0.279. The molecule has 1 N–H and O–H groups in total. The molecule has 9 heteroatoms. The van der Waals surface area contributed by atoms with Gasteiger partial charge < -0.3 is 10.1 Å². The third kappa shape index (κ3) is 4.24. The number of benzene rings is 2. The highest BCUT2D eigenvalue weighted by molar-refractivity contribution is 9.10. The standard InChI is InChI=1S/C15H9BrF3N3OS/c16-12-4-2-1-3-11(12)13-21-22-14(24-13)20-9-5-7-10(8-6-9)23-15(17,18)19/h1-8H,(H,20,22). The summed E-state index contributed by atoms with van der Waals surface area (Å²) in [7, 11) is 0. The molecule has 0 amide bonds. The molecule has 0 saturated carbocycles. The van der Waals surface area contributed by atoms with Crippen molar-refractivity contribution < 1.29 is 17.9 Å². The average Bonchev–Trinajstić information content (AvgIpc) is 2.96. The molecule has 124 valence electrons. The predicted octanol–water partition coefficient (Wildman–Crippen LogP) is 5.61. The normalized spacial score (nSPS) is 11.3. The molecule has 0 unspecified atom stereocenters. The number of hydrogen-bond donors (Lipinski definition) is 1. The van der Waals surface area contributed by atoms with Gasteiger partial charge in [-0.15, -0.1) is 23.4 Å². The lowest BCUT2D eigenvalue weighted by Crippen LogP contribution is -2.16. The van der Waals surface area contributed by atoms with Crippen molar-refractivity contribution in [3.63, 3.8) is 0 Å². The number of halogens is 4. The summed E-state index contributed by atoms with van der Waals surface area (Å²) < 4.78 is 41.1. The van der Waals surface area contributed by atoms with Gasteiger partial charge in [-0.2, -0.15) is 0 Å². The zero-order valence-electron chi connectivity index (χ0n) is 11.8. The van der Waals surface area contributed by atoms with E-state index in [-0.39, 0.29) is 5.75 Å². The maximum atomic E-state index is 12.1. The number of anilines is 2. The summed E-state index contributed by atoms with van der Waals surface area (Å²) >= 11 is 4.79. The topological polar surface area (TPSA) is 47.0 Å². The third-order valence-electron chi connectivity index (χ3n) is 2.87. The Morgan fingerprint density at radius 2 is 1.71 bits per heavy atom. The fourth-order valence-electron chi connectivity index (χ4n) is 1.88. The van der Waals surface area contributed by atoms with Crippen LogP contribution >= 0.6 is 27.3 Å². The number of hydrogen-bond acceptors (Lipinski definition) is 5. The molecule has 0 radical (unpaired) electrons. The molecule has 3 rings (SSSR count). The first kappa shape index (κ1) is 16.7. The maximum absolute atomic E-state index is 12.1. The number of alkyl halides is 3. The molecule has 1 aromatic heterocycles. The van der Waals surface area contributed by atoms with Gasteiger partial charge in [-0.05, 0) is 30.3 Å². The lowest BCUT2D eigenvalue weighted by molar-refractivity contribution is -0.274. The molecule has 3 aromatic rings. The Morgan fingerprint density at radius 3 is 2.38 bits per heavy atom. The lowest BCUT2D eigenvalue weighted by atomic mass is 10.2. The van der Waals surface area contributed by atoms with Crippen molar-refractivity contribution in [2.75, 3.05) is 5.32 Å². The van der Waals surface area contributed by atoms with Crippen LogP contribution in [0.1, 0.15) is 0 Å². The Kier molecular flexibility index (Phi) is 4.72. The van der Waals surface area contributed by atoms with Crippen LogP contribution in [-0.2, 0) is 0 Å². The molecular formula is C15H9BrF3N3OS. The molecule has 0 aliphatic heterocycles. The van der Waals surface area contributed by atoms with Crippen LogP contribution in [0.25, 0.3) is 10.6 Å². The van der Waals surface area contributed by atoms with Gasteiger partial charge in [0.25, 0.3) is 0 Å². The molecule has 0 spiro atoms. The van der Waals surface area contributed by atoms with Crippen LogP contribution in [0.5, 0.6) is 5.75 Å². The SMILES string of the molecule is FC(F)(F)Oc1ccc(Nc2nnc(-c3ccccc3Br)s2)cc1. The van der Waals surface area contributed by atoms with E-state index in [4.69, 9.17) is 0 Å². The molecule has 24 heavy (non-hydrogen) atoms. The van der Waals surface area contributed by atoms with Crippen LogP contribution in [0.15, 0.2) is 53.0 Å². The predicted molar refractivity (Wildman–Crippen MR) is 89.5 cm³/mol. The lowest BCUT2D eigenvalue weighted by Gasteiger charge is -2.09. The minimum atomic E-state index is -4.70. The molecular weight excluding hydrogens is 407 g/mol. The fourth-order valence-corrected chi connectivity index (χ4v) is 3.29. The van der Waals surface area contributed by atoms with E-state index in [1.165, 1.54) is 35.6 Å². The Hall–Kier alpha value is -2.13. The summed E-state index contributed by atoms with van der Waals surface area (Å²) in [6.07, 6.45) is -4.70. The van der Waals surface area contributed by atoms with Gasteiger partial charge in [0.05, 0.1) is 0 Å². The monoisotopic (exact) mass is 415 g/mol. The van der Waals surface area contributed by atoms with Crippen LogP contribution in [0.3, 0.4) is 0 Å². The number of aromatic nitrogens is 2. The fraction of sp³-hybridized carbons (Fsp3) is 0.0667. The van der Waals surface area contributed by atoms with Gasteiger partial charge in [0, 0.05) is 15.7 Å². The number of ether oxygens (including phenoxy) is 1. The zero-order chi connectivity index (χ0) is 17.2. The van der Waals surface area contributed by atoms with Gasteiger partial charge in [-0.1, -0.05) is 45.5 Å². The van der Waals surface area contributed by atoms with Gasteiger partial charge in [-0.25, -0.2) is 0 Å². The van der Waals surface area contributed by atoms with E-state index in [0.29, 0.717) is 10.8 Å². The smallest absolute Gasteiger partial charge is 0.406 e. The number of nitrogens with zero attached hydrogens (tertiary/aromatic N) is 2. The van der Waals surface area contributed by atoms with Gasteiger partial charge in [0.15, 0.2) is 5.01 Å². The zero-order valence-corrected chi connectivity index (χ0v) is 14.2. The van der Waals surface area contributed by atoms with Crippen molar-refractivity contribution in [2.24, 2.45) is 0 Å². The summed E-state index contributed by atoms with van der Waals surface area (Å²) in [6, 6.07) is 13.0.